The molecule has 0 aliphatic rings. The minimum absolute atomic E-state index is 0.150. The van der Waals surface area contributed by atoms with Gasteiger partial charge < -0.3 is 14.5 Å². The summed E-state index contributed by atoms with van der Waals surface area (Å²) in [5, 5.41) is 0.150. The van der Waals surface area contributed by atoms with Crippen LogP contribution in [0.5, 0.6) is 5.75 Å². The van der Waals surface area contributed by atoms with Crippen LogP contribution >= 0.6 is 11.6 Å². The van der Waals surface area contributed by atoms with Gasteiger partial charge in [-0.25, -0.2) is 4.79 Å². The summed E-state index contributed by atoms with van der Waals surface area (Å²) in [4.78, 5) is 38.7. The van der Waals surface area contributed by atoms with E-state index in [1.165, 1.54) is 25.1 Å². The molecule has 0 spiro atoms. The molecule has 1 N–H and O–H groups in total. The predicted molar refractivity (Wildman–Crippen MR) is 92.4 cm³/mol. The first-order valence-corrected chi connectivity index (χ1v) is 8.03. The lowest BCUT2D eigenvalue weighted by atomic mass is 9.99. The average Bonchev–Trinajstić information content (AvgIpc) is 2.83. The van der Waals surface area contributed by atoms with Gasteiger partial charge >= 0.3 is 11.9 Å². The van der Waals surface area contributed by atoms with Crippen LogP contribution < -0.4 is 4.74 Å². The van der Waals surface area contributed by atoms with Crippen molar-refractivity contribution in [1.29, 1.82) is 0 Å². The highest BCUT2D eigenvalue weighted by atomic mass is 35.5. The van der Waals surface area contributed by atoms with Gasteiger partial charge in [0.1, 0.15) is 11.4 Å². The smallest absolute Gasteiger partial charge is 0.355 e. The first-order valence-electron chi connectivity index (χ1n) is 7.65. The summed E-state index contributed by atoms with van der Waals surface area (Å²) in [5.74, 6) is -1.12. The molecule has 2 aromatic rings. The number of carbonyl (C=O) groups is 3. The molecule has 0 aliphatic carbocycles. The summed E-state index contributed by atoms with van der Waals surface area (Å²) >= 11 is 6.07. The zero-order valence-electron chi connectivity index (χ0n) is 14.4. The molecule has 1 aromatic heterocycles. The fraction of sp³-hybridized carbons (Fsp3) is 0.278. The van der Waals surface area contributed by atoms with Crippen LogP contribution in [0.15, 0.2) is 18.2 Å². The van der Waals surface area contributed by atoms with E-state index in [9.17, 15) is 14.4 Å². The SMILES string of the molecule is CCOC(=O)c1[nH]c(C)c(C(=O)c2ccc(OC(C)=O)c(Cl)c2)c1C. The molecule has 0 atom stereocenters. The number of hydrogen-bond donors (Lipinski definition) is 1. The zero-order valence-corrected chi connectivity index (χ0v) is 15.1. The second-order valence-electron chi connectivity index (χ2n) is 5.41. The number of H-pyrrole nitrogens is 1. The van der Waals surface area contributed by atoms with Crippen LogP contribution in [0.25, 0.3) is 0 Å². The number of halogens is 1. The van der Waals surface area contributed by atoms with Crippen molar-refractivity contribution in [2.75, 3.05) is 6.61 Å². The first kappa shape index (κ1) is 18.7. The molecule has 6 nitrogen and oxygen atoms in total. The normalized spacial score (nSPS) is 10.4. The summed E-state index contributed by atoms with van der Waals surface area (Å²) in [6.45, 7) is 6.60. The van der Waals surface area contributed by atoms with Crippen molar-refractivity contribution in [1.82, 2.24) is 4.98 Å². The standard InChI is InChI=1S/C18H18ClNO5/c1-5-24-18(23)16-9(2)15(10(3)20-16)17(22)12-6-7-14(13(19)8-12)25-11(4)21/h6-8,20H,5H2,1-4H3. The van der Waals surface area contributed by atoms with Gasteiger partial charge in [0.15, 0.2) is 5.78 Å². The van der Waals surface area contributed by atoms with Gasteiger partial charge in [0, 0.05) is 23.7 Å². The first-order chi connectivity index (χ1) is 11.8. The zero-order chi connectivity index (χ0) is 18.7. The van der Waals surface area contributed by atoms with E-state index in [1.807, 2.05) is 0 Å². The van der Waals surface area contributed by atoms with Crippen molar-refractivity contribution in [2.24, 2.45) is 0 Å². The molecule has 0 amide bonds. The van der Waals surface area contributed by atoms with Crippen molar-refractivity contribution < 1.29 is 23.9 Å². The van der Waals surface area contributed by atoms with Crippen LogP contribution in [-0.4, -0.2) is 29.3 Å². The largest absolute Gasteiger partial charge is 0.461 e. The van der Waals surface area contributed by atoms with Crippen LogP contribution in [-0.2, 0) is 9.53 Å². The van der Waals surface area contributed by atoms with Gasteiger partial charge in [0.05, 0.1) is 11.6 Å². The Labute approximate surface area is 150 Å². The van der Waals surface area contributed by atoms with Crippen LogP contribution in [0.2, 0.25) is 5.02 Å². The van der Waals surface area contributed by atoms with Crippen LogP contribution in [0.1, 0.15) is 51.5 Å². The monoisotopic (exact) mass is 363 g/mol. The van der Waals surface area contributed by atoms with E-state index in [-0.39, 0.29) is 28.9 Å². The number of esters is 2. The van der Waals surface area contributed by atoms with Gasteiger partial charge in [-0.3, -0.25) is 9.59 Å². The number of hydrogen-bond acceptors (Lipinski definition) is 5. The Morgan fingerprint density at radius 2 is 1.88 bits per heavy atom. The molecule has 0 saturated carbocycles. The number of ether oxygens (including phenoxy) is 2. The second-order valence-corrected chi connectivity index (χ2v) is 5.82. The van der Waals surface area contributed by atoms with Crippen molar-refractivity contribution in [3.05, 3.63) is 51.3 Å². The average molecular weight is 364 g/mol. The second kappa shape index (κ2) is 7.53. The van der Waals surface area contributed by atoms with E-state index in [4.69, 9.17) is 21.1 Å². The highest BCUT2D eigenvalue weighted by Crippen LogP contribution is 2.28. The maximum atomic E-state index is 12.8. The summed E-state index contributed by atoms with van der Waals surface area (Å²) in [7, 11) is 0. The summed E-state index contributed by atoms with van der Waals surface area (Å²) in [5.41, 5.74) is 2.04. The molecular formula is C18H18ClNO5. The Balaban J connectivity index is 2.40. The highest BCUT2D eigenvalue weighted by molar-refractivity contribution is 6.32. The van der Waals surface area contributed by atoms with Crippen molar-refractivity contribution in [3.63, 3.8) is 0 Å². The maximum absolute atomic E-state index is 12.8. The molecule has 132 valence electrons. The molecule has 25 heavy (non-hydrogen) atoms. The number of carbonyl (C=O) groups excluding carboxylic acids is 3. The third-order valence-electron chi connectivity index (χ3n) is 3.59. The topological polar surface area (TPSA) is 85.5 Å². The third kappa shape index (κ3) is 3.91. The van der Waals surface area contributed by atoms with E-state index >= 15 is 0 Å². The molecule has 0 bridgehead atoms. The molecule has 0 saturated heterocycles. The summed E-state index contributed by atoms with van der Waals surface area (Å²) < 4.78 is 9.93. The number of aromatic amines is 1. The van der Waals surface area contributed by atoms with Crippen molar-refractivity contribution in [3.8, 4) is 5.75 Å². The maximum Gasteiger partial charge on any atom is 0.355 e. The number of ketones is 1. The third-order valence-corrected chi connectivity index (χ3v) is 3.89. The van der Waals surface area contributed by atoms with E-state index in [0.717, 1.165) is 0 Å². The van der Waals surface area contributed by atoms with Crippen LogP contribution in [0, 0.1) is 13.8 Å². The molecule has 1 heterocycles. The molecule has 0 fully saturated rings. The lowest BCUT2D eigenvalue weighted by Gasteiger charge is -2.07. The molecule has 0 unspecified atom stereocenters. The number of nitrogens with one attached hydrogen (secondary N) is 1. The predicted octanol–water partition coefficient (Wildman–Crippen LogP) is 3.62. The quantitative estimate of drug-likeness (QED) is 0.498. The Morgan fingerprint density at radius 1 is 1.20 bits per heavy atom. The molecule has 7 heteroatoms. The minimum atomic E-state index is -0.509. The Kier molecular flexibility index (Phi) is 5.64. The van der Waals surface area contributed by atoms with Gasteiger partial charge in [-0.15, -0.1) is 0 Å². The van der Waals surface area contributed by atoms with Gasteiger partial charge in [0.25, 0.3) is 0 Å². The van der Waals surface area contributed by atoms with Crippen molar-refractivity contribution in [2.45, 2.75) is 27.7 Å². The number of rotatable bonds is 5. The van der Waals surface area contributed by atoms with Crippen molar-refractivity contribution >= 4 is 29.3 Å². The molecule has 1 aromatic carbocycles. The van der Waals surface area contributed by atoms with Crippen LogP contribution in [0.4, 0.5) is 0 Å². The fourth-order valence-electron chi connectivity index (χ4n) is 2.52. The number of aromatic nitrogens is 1. The van der Waals surface area contributed by atoms with Crippen LogP contribution in [0.3, 0.4) is 0 Å². The lowest BCUT2D eigenvalue weighted by Crippen LogP contribution is -2.08. The van der Waals surface area contributed by atoms with Gasteiger partial charge in [-0.1, -0.05) is 11.6 Å². The van der Waals surface area contributed by atoms with E-state index in [0.29, 0.717) is 22.4 Å². The molecule has 2 rings (SSSR count). The minimum Gasteiger partial charge on any atom is -0.461 e. The Bertz CT molecular complexity index is 853. The number of benzene rings is 1. The molecule has 0 aliphatic heterocycles. The Hall–Kier alpha value is -2.60. The van der Waals surface area contributed by atoms with Gasteiger partial charge in [-0.2, -0.15) is 0 Å². The molecule has 0 radical (unpaired) electrons. The van der Waals surface area contributed by atoms with E-state index < -0.39 is 11.9 Å². The van der Waals surface area contributed by atoms with E-state index in [1.54, 1.807) is 20.8 Å². The molecular weight excluding hydrogens is 346 g/mol. The Morgan fingerprint density at radius 3 is 2.44 bits per heavy atom. The van der Waals surface area contributed by atoms with Gasteiger partial charge in [-0.05, 0) is 44.5 Å². The van der Waals surface area contributed by atoms with Gasteiger partial charge in [0.2, 0.25) is 0 Å². The fourth-order valence-corrected chi connectivity index (χ4v) is 2.74. The van der Waals surface area contributed by atoms with E-state index in [2.05, 4.69) is 4.98 Å². The summed E-state index contributed by atoms with van der Waals surface area (Å²) in [6.07, 6.45) is 0. The lowest BCUT2D eigenvalue weighted by molar-refractivity contribution is -0.131. The highest BCUT2D eigenvalue weighted by Gasteiger charge is 2.24. The number of aryl methyl sites for hydroxylation is 1. The summed E-state index contributed by atoms with van der Waals surface area (Å²) in [6, 6.07) is 4.40.